The Morgan fingerprint density at radius 3 is 2.65 bits per heavy atom. The number of hydrogen-bond acceptors (Lipinski definition) is 6. The van der Waals surface area contributed by atoms with E-state index in [4.69, 9.17) is 9.84 Å². The van der Waals surface area contributed by atoms with E-state index < -0.39 is 26.8 Å². The van der Waals surface area contributed by atoms with Gasteiger partial charge in [-0.3, -0.25) is 10.1 Å². The fourth-order valence-electron chi connectivity index (χ4n) is 1.93. The summed E-state index contributed by atoms with van der Waals surface area (Å²) in [6.45, 7) is 0. The van der Waals surface area contributed by atoms with Gasteiger partial charge in [0, 0.05) is 12.1 Å². The SMILES string of the molecule is O=C(O)c1ccc([N+](=O)[O-])c(OC2CCS(=O)(=O)C2)c1. The fraction of sp³-hybridized carbons (Fsp3) is 0.364. The number of aromatic carboxylic acids is 1. The number of ether oxygens (including phenoxy) is 1. The zero-order chi connectivity index (χ0) is 14.9. The van der Waals surface area contributed by atoms with Gasteiger partial charge in [0.15, 0.2) is 15.6 Å². The van der Waals surface area contributed by atoms with Crippen LogP contribution in [0.15, 0.2) is 18.2 Å². The van der Waals surface area contributed by atoms with E-state index in [1.165, 1.54) is 0 Å². The molecule has 8 nitrogen and oxygen atoms in total. The molecular formula is C11H11NO7S. The maximum absolute atomic E-state index is 11.3. The third-order valence-corrected chi connectivity index (χ3v) is 4.63. The topological polar surface area (TPSA) is 124 Å². The first kappa shape index (κ1) is 14.3. The second-order valence-corrected chi connectivity index (χ2v) is 6.62. The lowest BCUT2D eigenvalue weighted by Gasteiger charge is -2.12. The molecule has 1 aromatic rings. The van der Waals surface area contributed by atoms with Crippen LogP contribution in [0.2, 0.25) is 0 Å². The molecule has 1 aromatic carbocycles. The van der Waals surface area contributed by atoms with Gasteiger partial charge in [-0.25, -0.2) is 13.2 Å². The van der Waals surface area contributed by atoms with Crippen LogP contribution in [-0.2, 0) is 9.84 Å². The standard InChI is InChI=1S/C11H11NO7S/c13-11(14)7-1-2-9(12(15)16)10(5-7)19-8-3-4-20(17,18)6-8/h1-2,5,8H,3-4,6H2,(H,13,14). The summed E-state index contributed by atoms with van der Waals surface area (Å²) in [6, 6.07) is 3.16. The van der Waals surface area contributed by atoms with Crippen LogP contribution >= 0.6 is 0 Å². The third kappa shape index (κ3) is 3.05. The van der Waals surface area contributed by atoms with Gasteiger partial charge in [0.2, 0.25) is 0 Å². The Morgan fingerprint density at radius 2 is 2.15 bits per heavy atom. The van der Waals surface area contributed by atoms with Crippen LogP contribution in [0.4, 0.5) is 5.69 Å². The molecule has 1 heterocycles. The lowest BCUT2D eigenvalue weighted by atomic mass is 10.2. The Hall–Kier alpha value is -2.16. The number of hydrogen-bond donors (Lipinski definition) is 1. The molecule has 0 radical (unpaired) electrons. The number of benzene rings is 1. The Balaban J connectivity index is 2.31. The summed E-state index contributed by atoms with van der Waals surface area (Å²) >= 11 is 0. The normalized spacial score (nSPS) is 20.5. The Morgan fingerprint density at radius 1 is 1.45 bits per heavy atom. The van der Waals surface area contributed by atoms with Crippen molar-refractivity contribution in [3.05, 3.63) is 33.9 Å². The molecule has 1 fully saturated rings. The van der Waals surface area contributed by atoms with Crippen molar-refractivity contribution < 1.29 is 28.0 Å². The van der Waals surface area contributed by atoms with Gasteiger partial charge in [0.1, 0.15) is 6.10 Å². The predicted octanol–water partition coefficient (Wildman–Crippen LogP) is 0.859. The number of carbonyl (C=O) groups is 1. The summed E-state index contributed by atoms with van der Waals surface area (Å²) < 4.78 is 27.9. The maximum atomic E-state index is 11.3. The van der Waals surface area contributed by atoms with E-state index in [1.54, 1.807) is 0 Å². The number of nitrogens with zero attached hydrogens (tertiary/aromatic N) is 1. The fourth-order valence-corrected chi connectivity index (χ4v) is 3.52. The highest BCUT2D eigenvalue weighted by Gasteiger charge is 2.31. The van der Waals surface area contributed by atoms with Gasteiger partial charge >= 0.3 is 11.7 Å². The average Bonchev–Trinajstić information content (AvgIpc) is 2.68. The number of carboxylic acids is 1. The number of nitro benzene ring substituents is 1. The molecule has 1 unspecified atom stereocenters. The molecule has 2 rings (SSSR count). The van der Waals surface area contributed by atoms with Gasteiger partial charge < -0.3 is 9.84 Å². The molecule has 0 amide bonds. The first-order valence-corrected chi connectivity index (χ1v) is 7.49. The molecule has 1 saturated heterocycles. The van der Waals surface area contributed by atoms with Gasteiger partial charge in [-0.15, -0.1) is 0 Å². The van der Waals surface area contributed by atoms with E-state index in [1.807, 2.05) is 0 Å². The summed E-state index contributed by atoms with van der Waals surface area (Å²) in [6.07, 6.45) is -0.459. The van der Waals surface area contributed by atoms with Crippen LogP contribution in [0.1, 0.15) is 16.8 Å². The monoisotopic (exact) mass is 301 g/mol. The van der Waals surface area contributed by atoms with Crippen LogP contribution in [0.25, 0.3) is 0 Å². The Kier molecular flexibility index (Phi) is 3.62. The van der Waals surface area contributed by atoms with Crippen molar-refractivity contribution in [3.63, 3.8) is 0 Å². The van der Waals surface area contributed by atoms with E-state index in [9.17, 15) is 23.3 Å². The van der Waals surface area contributed by atoms with E-state index in [0.717, 1.165) is 18.2 Å². The first-order chi connectivity index (χ1) is 9.28. The van der Waals surface area contributed by atoms with E-state index >= 15 is 0 Å². The lowest BCUT2D eigenvalue weighted by molar-refractivity contribution is -0.386. The minimum Gasteiger partial charge on any atom is -0.482 e. The number of nitro groups is 1. The van der Waals surface area contributed by atoms with Crippen molar-refractivity contribution in [1.29, 1.82) is 0 Å². The highest BCUT2D eigenvalue weighted by atomic mass is 32.2. The quantitative estimate of drug-likeness (QED) is 0.646. The predicted molar refractivity (Wildman–Crippen MR) is 67.7 cm³/mol. The van der Waals surface area contributed by atoms with Crippen molar-refractivity contribution in [3.8, 4) is 5.75 Å². The van der Waals surface area contributed by atoms with Crippen molar-refractivity contribution in [2.75, 3.05) is 11.5 Å². The number of rotatable bonds is 4. The molecule has 20 heavy (non-hydrogen) atoms. The summed E-state index contributed by atoms with van der Waals surface area (Å²) in [5, 5.41) is 19.7. The number of carboxylic acid groups (broad SMARTS) is 1. The van der Waals surface area contributed by atoms with Crippen molar-refractivity contribution in [1.82, 2.24) is 0 Å². The lowest BCUT2D eigenvalue weighted by Crippen LogP contribution is -2.18. The maximum Gasteiger partial charge on any atom is 0.335 e. The Labute approximate surface area is 114 Å². The van der Waals surface area contributed by atoms with Gasteiger partial charge in [0.05, 0.1) is 22.0 Å². The van der Waals surface area contributed by atoms with Crippen molar-refractivity contribution in [2.24, 2.45) is 0 Å². The van der Waals surface area contributed by atoms with E-state index in [0.29, 0.717) is 0 Å². The van der Waals surface area contributed by atoms with Crippen molar-refractivity contribution in [2.45, 2.75) is 12.5 Å². The summed E-state index contributed by atoms with van der Waals surface area (Å²) in [4.78, 5) is 21.0. The van der Waals surface area contributed by atoms with Gasteiger partial charge in [-0.05, 0) is 12.5 Å². The molecule has 1 N–H and O–H groups in total. The van der Waals surface area contributed by atoms with Crippen LogP contribution < -0.4 is 4.74 Å². The minimum absolute atomic E-state index is 0.0376. The Bertz CT molecular complexity index is 667. The summed E-state index contributed by atoms with van der Waals surface area (Å²) in [7, 11) is -3.19. The second kappa shape index (κ2) is 5.08. The first-order valence-electron chi connectivity index (χ1n) is 5.67. The van der Waals surface area contributed by atoms with Gasteiger partial charge in [0.25, 0.3) is 0 Å². The van der Waals surface area contributed by atoms with Crippen LogP contribution in [0, 0.1) is 10.1 Å². The molecule has 9 heteroatoms. The highest BCUT2D eigenvalue weighted by Crippen LogP contribution is 2.30. The van der Waals surface area contributed by atoms with E-state index in [2.05, 4.69) is 0 Å². The minimum atomic E-state index is -3.19. The molecule has 0 saturated carbocycles. The molecule has 1 aliphatic rings. The average molecular weight is 301 g/mol. The largest absolute Gasteiger partial charge is 0.482 e. The molecule has 0 spiro atoms. The van der Waals surface area contributed by atoms with Crippen LogP contribution in [0.3, 0.4) is 0 Å². The number of sulfone groups is 1. The zero-order valence-corrected chi connectivity index (χ0v) is 11.0. The van der Waals surface area contributed by atoms with Crippen LogP contribution in [0.5, 0.6) is 5.75 Å². The molecule has 0 bridgehead atoms. The van der Waals surface area contributed by atoms with E-state index in [-0.39, 0.29) is 34.9 Å². The summed E-state index contributed by atoms with van der Waals surface area (Å²) in [5.74, 6) is -1.73. The van der Waals surface area contributed by atoms with Gasteiger partial charge in [-0.2, -0.15) is 0 Å². The molecule has 0 aliphatic carbocycles. The smallest absolute Gasteiger partial charge is 0.335 e. The van der Waals surface area contributed by atoms with Crippen LogP contribution in [-0.4, -0.2) is 42.0 Å². The molecular weight excluding hydrogens is 290 g/mol. The summed E-state index contributed by atoms with van der Waals surface area (Å²) in [5.41, 5.74) is -0.550. The van der Waals surface area contributed by atoms with Crippen molar-refractivity contribution >= 4 is 21.5 Å². The zero-order valence-electron chi connectivity index (χ0n) is 10.2. The molecule has 1 aliphatic heterocycles. The second-order valence-electron chi connectivity index (χ2n) is 4.39. The highest BCUT2D eigenvalue weighted by molar-refractivity contribution is 7.91. The van der Waals surface area contributed by atoms with Gasteiger partial charge in [-0.1, -0.05) is 0 Å². The molecule has 0 aromatic heterocycles. The molecule has 1 atom stereocenters. The molecule has 108 valence electrons. The third-order valence-electron chi connectivity index (χ3n) is 2.89.